The van der Waals surface area contributed by atoms with E-state index in [1.807, 2.05) is 37.3 Å². The van der Waals surface area contributed by atoms with Gasteiger partial charge < -0.3 is 18.4 Å². The van der Waals surface area contributed by atoms with Gasteiger partial charge in [-0.2, -0.15) is 0 Å². The zero-order valence-corrected chi connectivity index (χ0v) is 17.5. The highest BCUT2D eigenvalue weighted by Gasteiger charge is 2.61. The van der Waals surface area contributed by atoms with Crippen molar-refractivity contribution in [1.29, 1.82) is 0 Å². The molecule has 2 aliphatic heterocycles. The molecule has 2 aromatic heterocycles. The fraction of sp³-hybridized carbons (Fsp3) is 0.368. The number of aromatic nitrogens is 4. The summed E-state index contributed by atoms with van der Waals surface area (Å²) in [6.07, 6.45) is 1.34. The first-order chi connectivity index (χ1) is 14.5. The lowest BCUT2D eigenvalue weighted by Gasteiger charge is -2.31. The number of carbonyl (C=O) groups excluding carboxylic acids is 1. The average Bonchev–Trinajstić information content (AvgIpc) is 3.43. The molecule has 4 heterocycles. The summed E-state index contributed by atoms with van der Waals surface area (Å²) in [5.74, 6) is -0.431. The van der Waals surface area contributed by atoms with Crippen LogP contribution in [-0.2, 0) is 28.9 Å². The molecule has 1 aromatic carbocycles. The predicted molar refractivity (Wildman–Crippen MR) is 107 cm³/mol. The van der Waals surface area contributed by atoms with Gasteiger partial charge in [-0.1, -0.05) is 41.9 Å². The minimum absolute atomic E-state index is 0.244. The largest absolute Gasteiger partial charge is 0.389 e. The Hall–Kier alpha value is -2.24. The maximum atomic E-state index is 11.4. The Kier molecular flexibility index (Phi) is 4.91. The second-order valence-corrected chi connectivity index (χ2v) is 8.25. The summed E-state index contributed by atoms with van der Waals surface area (Å²) in [5.41, 5.74) is 0.174. The van der Waals surface area contributed by atoms with Crippen molar-refractivity contribution < 1.29 is 23.2 Å². The van der Waals surface area contributed by atoms with Crippen LogP contribution in [0.4, 0.5) is 0 Å². The number of halogens is 1. The molecule has 156 valence electrons. The number of carbonyl (C=O) groups is 1. The molecule has 5 unspecified atom stereocenters. The molecule has 0 N–H and O–H groups in total. The van der Waals surface area contributed by atoms with E-state index >= 15 is 0 Å². The van der Waals surface area contributed by atoms with E-state index in [2.05, 4.69) is 15.0 Å². The Balaban J connectivity index is 1.54. The van der Waals surface area contributed by atoms with Crippen LogP contribution in [0.3, 0.4) is 0 Å². The molecule has 0 amide bonds. The molecule has 0 aliphatic carbocycles. The summed E-state index contributed by atoms with van der Waals surface area (Å²) in [6.45, 7) is 3.19. The minimum atomic E-state index is -1.04. The van der Waals surface area contributed by atoms with Crippen LogP contribution >= 0.6 is 23.6 Å². The molecule has 30 heavy (non-hydrogen) atoms. The normalized spacial score (nSPS) is 30.5. The summed E-state index contributed by atoms with van der Waals surface area (Å²) >= 11 is 7.07. The quantitative estimate of drug-likeness (QED) is 0.440. The number of imidazole rings is 1. The number of hydrogen-bond donors (Lipinski definition) is 0. The molecule has 5 rings (SSSR count). The number of hydrogen-bond acceptors (Lipinski definition) is 9. The van der Waals surface area contributed by atoms with E-state index < -0.39 is 35.6 Å². The molecule has 0 bridgehead atoms. The Morgan fingerprint density at radius 3 is 2.80 bits per heavy atom. The molecule has 0 saturated carbocycles. The number of rotatable bonds is 4. The lowest BCUT2D eigenvalue weighted by Crippen LogP contribution is -2.42. The van der Waals surface area contributed by atoms with Gasteiger partial charge in [-0.25, -0.2) is 15.0 Å². The molecule has 2 aliphatic rings. The van der Waals surface area contributed by atoms with Crippen molar-refractivity contribution in [2.45, 2.75) is 43.5 Å². The molecule has 5 atom stereocenters. The van der Waals surface area contributed by atoms with Gasteiger partial charge in [-0.15, -0.1) is 0 Å². The molecule has 2 saturated heterocycles. The second-order valence-electron chi connectivity index (χ2n) is 7.06. The molecular formula is C19H17ClN4O5S. The molecule has 0 radical (unpaired) electrons. The first kappa shape index (κ1) is 19.7. The van der Waals surface area contributed by atoms with E-state index in [0.29, 0.717) is 11.2 Å². The zero-order valence-electron chi connectivity index (χ0n) is 16.0. The first-order valence-corrected chi connectivity index (χ1v) is 10.4. The first-order valence-electron chi connectivity index (χ1n) is 9.19. The standard InChI is InChI=1S/C19H17ClN4O5S/c1-10(25)29-30-18-13-14(27-17(26-13)11-6-4-3-5-7-11)19(2,28-18)24-9-23-12-15(20)21-8-22-16(12)24/h3-9,13-14,17-18H,1-2H3. The van der Waals surface area contributed by atoms with Gasteiger partial charge in [0.15, 0.2) is 28.3 Å². The van der Waals surface area contributed by atoms with Crippen LogP contribution in [0.25, 0.3) is 11.2 Å². The summed E-state index contributed by atoms with van der Waals surface area (Å²) < 4.78 is 25.7. The molecule has 0 spiro atoms. The van der Waals surface area contributed by atoms with Gasteiger partial charge in [0.25, 0.3) is 0 Å². The van der Waals surface area contributed by atoms with Crippen molar-refractivity contribution in [2.24, 2.45) is 0 Å². The van der Waals surface area contributed by atoms with E-state index in [1.54, 1.807) is 10.9 Å². The van der Waals surface area contributed by atoms with Gasteiger partial charge in [0.2, 0.25) is 0 Å². The number of benzene rings is 1. The third kappa shape index (κ3) is 3.15. The summed E-state index contributed by atoms with van der Waals surface area (Å²) in [7, 11) is 0. The Bertz CT molecular complexity index is 1100. The van der Waals surface area contributed by atoms with Crippen LogP contribution in [0, 0.1) is 0 Å². The zero-order chi connectivity index (χ0) is 20.9. The van der Waals surface area contributed by atoms with Crippen molar-refractivity contribution in [2.75, 3.05) is 0 Å². The van der Waals surface area contributed by atoms with E-state index in [4.69, 9.17) is 30.0 Å². The van der Waals surface area contributed by atoms with Gasteiger partial charge >= 0.3 is 5.97 Å². The monoisotopic (exact) mass is 448 g/mol. The lowest BCUT2D eigenvalue weighted by atomic mass is 10.1. The third-order valence-corrected chi connectivity index (χ3v) is 6.26. The van der Waals surface area contributed by atoms with E-state index in [-0.39, 0.29) is 5.15 Å². The fourth-order valence-electron chi connectivity index (χ4n) is 3.75. The van der Waals surface area contributed by atoms with E-state index in [0.717, 1.165) is 17.6 Å². The van der Waals surface area contributed by atoms with Crippen molar-refractivity contribution in [1.82, 2.24) is 19.5 Å². The van der Waals surface area contributed by atoms with Crippen molar-refractivity contribution >= 4 is 40.8 Å². The molecule has 9 nitrogen and oxygen atoms in total. The highest BCUT2D eigenvalue weighted by Crippen LogP contribution is 2.50. The van der Waals surface area contributed by atoms with Crippen LogP contribution in [0.15, 0.2) is 43.0 Å². The average molecular weight is 449 g/mol. The van der Waals surface area contributed by atoms with Crippen LogP contribution in [0.2, 0.25) is 5.15 Å². The van der Waals surface area contributed by atoms with Crippen LogP contribution in [-0.4, -0.2) is 43.1 Å². The second kappa shape index (κ2) is 7.47. The maximum Gasteiger partial charge on any atom is 0.314 e. The number of nitrogens with zero attached hydrogens (tertiary/aromatic N) is 4. The molecule has 11 heteroatoms. The number of fused-ring (bicyclic) bond motifs is 2. The fourth-order valence-corrected chi connectivity index (χ4v) is 4.70. The van der Waals surface area contributed by atoms with Crippen LogP contribution < -0.4 is 0 Å². The lowest BCUT2D eigenvalue weighted by molar-refractivity contribution is -0.176. The predicted octanol–water partition coefficient (Wildman–Crippen LogP) is 3.20. The molecular weight excluding hydrogens is 432 g/mol. The smallest absolute Gasteiger partial charge is 0.314 e. The Labute approximate surface area is 180 Å². The van der Waals surface area contributed by atoms with Crippen molar-refractivity contribution in [3.63, 3.8) is 0 Å². The topological polar surface area (TPSA) is 97.6 Å². The van der Waals surface area contributed by atoms with Gasteiger partial charge in [0, 0.05) is 12.5 Å². The van der Waals surface area contributed by atoms with Crippen LogP contribution in [0.5, 0.6) is 0 Å². The third-order valence-electron chi connectivity index (χ3n) is 5.10. The SMILES string of the molecule is CC(=O)OSC1OC(C)(n2cnc3c(Cl)ncnc32)C2OC(c3ccccc3)OC12. The van der Waals surface area contributed by atoms with Crippen molar-refractivity contribution in [3.8, 4) is 0 Å². The minimum Gasteiger partial charge on any atom is -0.389 e. The summed E-state index contributed by atoms with van der Waals surface area (Å²) in [6, 6.07) is 9.61. The highest BCUT2D eigenvalue weighted by molar-refractivity contribution is 7.95. The van der Waals surface area contributed by atoms with Gasteiger partial charge in [-0.3, -0.25) is 9.36 Å². The molecule has 2 fully saturated rings. The van der Waals surface area contributed by atoms with Gasteiger partial charge in [0.1, 0.15) is 24.1 Å². The molecule has 3 aromatic rings. The van der Waals surface area contributed by atoms with Crippen molar-refractivity contribution in [3.05, 3.63) is 53.7 Å². The highest BCUT2D eigenvalue weighted by atomic mass is 35.5. The van der Waals surface area contributed by atoms with E-state index in [9.17, 15) is 4.79 Å². The van der Waals surface area contributed by atoms with Gasteiger partial charge in [0.05, 0.1) is 18.4 Å². The summed E-state index contributed by atoms with van der Waals surface area (Å²) in [4.78, 5) is 24.0. The van der Waals surface area contributed by atoms with Gasteiger partial charge in [-0.05, 0) is 6.92 Å². The number of ether oxygens (including phenoxy) is 3. The Morgan fingerprint density at radius 1 is 1.23 bits per heavy atom. The Morgan fingerprint density at radius 2 is 2.03 bits per heavy atom. The summed E-state index contributed by atoms with van der Waals surface area (Å²) in [5, 5.41) is 0.244. The van der Waals surface area contributed by atoms with E-state index in [1.165, 1.54) is 13.3 Å². The van der Waals surface area contributed by atoms with Crippen LogP contribution in [0.1, 0.15) is 25.7 Å². The maximum absolute atomic E-state index is 11.4.